The van der Waals surface area contributed by atoms with E-state index < -0.39 is 11.4 Å². The van der Waals surface area contributed by atoms with Gasteiger partial charge < -0.3 is 24.0 Å². The van der Waals surface area contributed by atoms with Gasteiger partial charge in [-0.2, -0.15) is 4.98 Å². The third kappa shape index (κ3) is 4.09. The first kappa shape index (κ1) is 23.5. The number of halogens is 1. The van der Waals surface area contributed by atoms with E-state index in [-0.39, 0.29) is 23.7 Å². The summed E-state index contributed by atoms with van der Waals surface area (Å²) in [5, 5.41) is 0. The van der Waals surface area contributed by atoms with Crippen LogP contribution in [0.2, 0.25) is 0 Å². The van der Waals surface area contributed by atoms with Gasteiger partial charge in [-0.3, -0.25) is 4.79 Å². The van der Waals surface area contributed by atoms with E-state index in [0.29, 0.717) is 19.0 Å². The summed E-state index contributed by atoms with van der Waals surface area (Å²) >= 11 is 0. The Morgan fingerprint density at radius 1 is 1.14 bits per heavy atom. The Morgan fingerprint density at radius 2 is 1.91 bits per heavy atom. The molecule has 10 heteroatoms. The number of hydrogen-bond donors (Lipinski definition) is 0. The molecule has 0 aromatic carbocycles. The van der Waals surface area contributed by atoms with Gasteiger partial charge in [0.25, 0.3) is 0 Å². The normalized spacial score (nSPS) is 19.8. The van der Waals surface area contributed by atoms with Crippen molar-refractivity contribution in [1.29, 1.82) is 0 Å². The van der Waals surface area contributed by atoms with Crippen LogP contribution in [0.3, 0.4) is 0 Å². The molecule has 2 saturated heterocycles. The first-order valence-corrected chi connectivity index (χ1v) is 12.1. The van der Waals surface area contributed by atoms with Crippen LogP contribution >= 0.6 is 0 Å². The predicted octanol–water partition coefficient (Wildman–Crippen LogP) is 2.23. The van der Waals surface area contributed by atoms with Crippen LogP contribution in [0.4, 0.5) is 16.2 Å². The maximum Gasteiger partial charge on any atom is 0.229 e. The summed E-state index contributed by atoms with van der Waals surface area (Å²) in [6, 6.07) is 6.08. The molecule has 0 spiro atoms. The number of pyridine rings is 1. The summed E-state index contributed by atoms with van der Waals surface area (Å²) in [6.45, 7) is 9.64. The Hall–Kier alpha value is -3.27. The van der Waals surface area contributed by atoms with Crippen LogP contribution in [0.15, 0.2) is 36.8 Å². The van der Waals surface area contributed by atoms with E-state index >= 15 is 0 Å². The topological polar surface area (TPSA) is 73.1 Å². The third-order valence-electron chi connectivity index (χ3n) is 7.54. The van der Waals surface area contributed by atoms with Crippen LogP contribution in [0, 0.1) is 11.7 Å². The number of fused-ring (bicyclic) bond motifs is 1. The molecule has 1 atom stereocenters. The standard InChI is InChI=1S/C25H33FN8O/c1-17-14-30(4)10-11-33(17)24-28-12-19(26)22(29-24)32-15-18(16-32)23(35)31(5)25(2,3)20-13-27-21-8-6-7-9-34(20)21/h6-9,12-13,17-18H,10-11,14-16H2,1-5H3/t17-/m0/s1. The fourth-order valence-electron chi connectivity index (χ4n) is 5.06. The lowest BCUT2D eigenvalue weighted by Crippen LogP contribution is -2.57. The predicted molar refractivity (Wildman–Crippen MR) is 133 cm³/mol. The van der Waals surface area contributed by atoms with Gasteiger partial charge in [0.15, 0.2) is 11.6 Å². The molecule has 2 aliphatic heterocycles. The largest absolute Gasteiger partial charge is 0.352 e. The van der Waals surface area contributed by atoms with Crippen molar-refractivity contribution in [3.63, 3.8) is 0 Å². The van der Waals surface area contributed by atoms with Gasteiger partial charge in [-0.05, 0) is 40.0 Å². The van der Waals surface area contributed by atoms with E-state index in [1.165, 1.54) is 6.20 Å². The number of piperazine rings is 1. The molecule has 0 aliphatic carbocycles. The SMILES string of the molecule is C[C@H]1CN(C)CCN1c1ncc(F)c(N2CC(C(=O)N(C)C(C)(C)c3cnc4ccccn34)C2)n1. The molecule has 35 heavy (non-hydrogen) atoms. The number of imidazole rings is 1. The molecule has 0 bridgehead atoms. The summed E-state index contributed by atoms with van der Waals surface area (Å²) in [5.41, 5.74) is 1.22. The van der Waals surface area contributed by atoms with E-state index in [9.17, 15) is 9.18 Å². The second-order valence-corrected chi connectivity index (χ2v) is 10.3. The first-order valence-electron chi connectivity index (χ1n) is 12.1. The molecule has 186 valence electrons. The van der Waals surface area contributed by atoms with Gasteiger partial charge in [0, 0.05) is 52.0 Å². The molecule has 3 aromatic heterocycles. The lowest BCUT2D eigenvalue weighted by atomic mass is 9.93. The molecule has 5 heterocycles. The van der Waals surface area contributed by atoms with Crippen molar-refractivity contribution in [1.82, 2.24) is 29.2 Å². The van der Waals surface area contributed by atoms with Gasteiger partial charge in [0.2, 0.25) is 11.9 Å². The van der Waals surface area contributed by atoms with Gasteiger partial charge in [-0.1, -0.05) is 6.07 Å². The van der Waals surface area contributed by atoms with Crippen LogP contribution in [0.1, 0.15) is 26.5 Å². The van der Waals surface area contributed by atoms with Gasteiger partial charge in [0.05, 0.1) is 29.5 Å². The van der Waals surface area contributed by atoms with Crippen molar-refractivity contribution in [3.05, 3.63) is 48.3 Å². The molecule has 0 unspecified atom stereocenters. The highest BCUT2D eigenvalue weighted by molar-refractivity contribution is 5.82. The maximum atomic E-state index is 14.7. The lowest BCUT2D eigenvalue weighted by molar-refractivity contribution is -0.140. The number of aromatic nitrogens is 4. The van der Waals surface area contributed by atoms with Crippen LogP contribution < -0.4 is 9.80 Å². The Kier molecular flexibility index (Phi) is 5.86. The first-order chi connectivity index (χ1) is 16.7. The fourth-order valence-corrected chi connectivity index (χ4v) is 5.06. The molecule has 2 aliphatic rings. The van der Waals surface area contributed by atoms with Crippen LogP contribution in [-0.4, -0.2) is 87.9 Å². The average Bonchev–Trinajstić information content (AvgIpc) is 3.24. The molecule has 3 aromatic rings. The van der Waals surface area contributed by atoms with Crippen molar-refractivity contribution in [2.24, 2.45) is 5.92 Å². The fraction of sp³-hybridized carbons (Fsp3) is 0.520. The quantitative estimate of drug-likeness (QED) is 0.555. The molecule has 2 fully saturated rings. The van der Waals surface area contributed by atoms with Crippen LogP contribution in [-0.2, 0) is 10.3 Å². The second-order valence-electron chi connectivity index (χ2n) is 10.3. The van der Waals surface area contributed by atoms with E-state index in [4.69, 9.17) is 0 Å². The number of amides is 1. The monoisotopic (exact) mass is 480 g/mol. The minimum Gasteiger partial charge on any atom is -0.352 e. The summed E-state index contributed by atoms with van der Waals surface area (Å²) in [5.74, 6) is 0.163. The number of likely N-dealkylation sites (N-methyl/N-ethyl adjacent to an activating group) is 1. The zero-order valence-electron chi connectivity index (χ0n) is 21.0. The zero-order chi connectivity index (χ0) is 24.9. The minimum absolute atomic E-state index is 0.0273. The highest BCUT2D eigenvalue weighted by Gasteiger charge is 2.41. The summed E-state index contributed by atoms with van der Waals surface area (Å²) in [4.78, 5) is 34.7. The number of carbonyl (C=O) groups is 1. The van der Waals surface area contributed by atoms with Gasteiger partial charge in [-0.15, -0.1) is 0 Å². The molecule has 5 rings (SSSR count). The number of anilines is 2. The van der Waals surface area contributed by atoms with Gasteiger partial charge in [-0.25, -0.2) is 14.4 Å². The minimum atomic E-state index is -0.566. The number of nitrogens with zero attached hydrogens (tertiary/aromatic N) is 8. The number of carbonyl (C=O) groups excluding carboxylic acids is 1. The Morgan fingerprint density at radius 3 is 2.66 bits per heavy atom. The van der Waals surface area contributed by atoms with Crippen molar-refractivity contribution < 1.29 is 9.18 Å². The second kappa shape index (κ2) is 8.75. The summed E-state index contributed by atoms with van der Waals surface area (Å²) in [7, 11) is 3.92. The smallest absolute Gasteiger partial charge is 0.229 e. The zero-order valence-corrected chi connectivity index (χ0v) is 21.0. The molecular weight excluding hydrogens is 447 g/mol. The van der Waals surface area contributed by atoms with Gasteiger partial charge in [0.1, 0.15) is 5.65 Å². The number of rotatable bonds is 5. The molecule has 0 saturated carbocycles. The highest BCUT2D eigenvalue weighted by Crippen LogP contribution is 2.33. The van der Waals surface area contributed by atoms with E-state index in [2.05, 4.69) is 38.7 Å². The van der Waals surface area contributed by atoms with Crippen LogP contribution in [0.25, 0.3) is 5.65 Å². The molecule has 9 nitrogen and oxygen atoms in total. The maximum absolute atomic E-state index is 14.7. The lowest BCUT2D eigenvalue weighted by Gasteiger charge is -2.44. The molecular formula is C25H33FN8O. The van der Waals surface area contributed by atoms with Crippen molar-refractivity contribution in [2.45, 2.75) is 32.4 Å². The van der Waals surface area contributed by atoms with E-state index in [1.54, 1.807) is 4.90 Å². The molecule has 1 amide bonds. The molecule has 0 N–H and O–H groups in total. The Labute approximate surface area is 205 Å². The van der Waals surface area contributed by atoms with Crippen LogP contribution in [0.5, 0.6) is 0 Å². The highest BCUT2D eigenvalue weighted by atomic mass is 19.1. The third-order valence-corrected chi connectivity index (χ3v) is 7.54. The van der Waals surface area contributed by atoms with E-state index in [1.807, 2.05) is 60.8 Å². The summed E-state index contributed by atoms with van der Waals surface area (Å²) in [6.07, 6.45) is 5.03. The van der Waals surface area contributed by atoms with Crippen molar-refractivity contribution >= 4 is 23.3 Å². The average molecular weight is 481 g/mol. The van der Waals surface area contributed by atoms with E-state index in [0.717, 1.165) is 31.0 Å². The van der Waals surface area contributed by atoms with Crippen molar-refractivity contribution in [2.75, 3.05) is 56.6 Å². The Bertz CT molecular complexity index is 1240. The van der Waals surface area contributed by atoms with Crippen molar-refractivity contribution in [3.8, 4) is 0 Å². The molecule has 0 radical (unpaired) electrons. The summed E-state index contributed by atoms with van der Waals surface area (Å²) < 4.78 is 16.7. The number of hydrogen-bond acceptors (Lipinski definition) is 7. The Balaban J connectivity index is 1.28. The van der Waals surface area contributed by atoms with Gasteiger partial charge >= 0.3 is 0 Å².